The molecule has 1 aromatic carbocycles. The molecule has 0 aliphatic carbocycles. The third kappa shape index (κ3) is 3.12. The Bertz CT molecular complexity index is 652. The Morgan fingerprint density at radius 3 is 2.90 bits per heavy atom. The van der Waals surface area contributed by atoms with Gasteiger partial charge in [-0.15, -0.1) is 0 Å². The fraction of sp³-hybridized carbons (Fsp3) is 0.154. The van der Waals surface area contributed by atoms with Gasteiger partial charge >= 0.3 is 0 Å². The number of hydrogen-bond donors (Lipinski definition) is 2. The van der Waals surface area contributed by atoms with Crippen LogP contribution in [0.2, 0.25) is 0 Å². The third-order valence-electron chi connectivity index (χ3n) is 2.53. The van der Waals surface area contributed by atoms with Crippen molar-refractivity contribution in [2.75, 3.05) is 12.8 Å². The summed E-state index contributed by atoms with van der Waals surface area (Å²) in [6, 6.07) is 7.37. The summed E-state index contributed by atoms with van der Waals surface area (Å²) in [5.41, 5.74) is 9.36. The van der Waals surface area contributed by atoms with Crippen molar-refractivity contribution in [3.63, 3.8) is 0 Å². The molecule has 0 saturated carbocycles. The zero-order valence-corrected chi connectivity index (χ0v) is 11.9. The normalized spacial score (nSPS) is 10.7. The highest BCUT2D eigenvalue weighted by molar-refractivity contribution is 7.17. The molecule has 1 amide bonds. The van der Waals surface area contributed by atoms with Crippen molar-refractivity contribution in [1.82, 2.24) is 10.4 Å². The van der Waals surface area contributed by atoms with Gasteiger partial charge in [0, 0.05) is 5.56 Å². The summed E-state index contributed by atoms with van der Waals surface area (Å²) < 4.78 is 5.18. The first-order chi connectivity index (χ1) is 9.61. The predicted molar refractivity (Wildman–Crippen MR) is 79.3 cm³/mol. The smallest absolute Gasteiger partial charge is 0.283 e. The molecule has 0 radical (unpaired) electrons. The number of benzene rings is 1. The van der Waals surface area contributed by atoms with Gasteiger partial charge in [0.2, 0.25) is 0 Å². The van der Waals surface area contributed by atoms with Crippen LogP contribution >= 0.6 is 11.3 Å². The molecule has 3 N–H and O–H groups in total. The van der Waals surface area contributed by atoms with Gasteiger partial charge in [0.1, 0.15) is 10.6 Å². The van der Waals surface area contributed by atoms with Crippen LogP contribution in [-0.4, -0.2) is 24.2 Å². The van der Waals surface area contributed by atoms with Crippen molar-refractivity contribution in [2.24, 2.45) is 5.10 Å². The zero-order valence-electron chi connectivity index (χ0n) is 11.1. The van der Waals surface area contributed by atoms with Gasteiger partial charge in [0.15, 0.2) is 5.13 Å². The number of aromatic nitrogens is 1. The van der Waals surface area contributed by atoms with Crippen LogP contribution in [0.25, 0.3) is 0 Å². The molecule has 20 heavy (non-hydrogen) atoms. The molecule has 104 valence electrons. The summed E-state index contributed by atoms with van der Waals surface area (Å²) >= 11 is 1.13. The van der Waals surface area contributed by atoms with Gasteiger partial charge in [-0.1, -0.05) is 23.5 Å². The number of nitrogens with two attached hydrogens (primary N) is 1. The van der Waals surface area contributed by atoms with E-state index < -0.39 is 0 Å². The molecule has 1 aromatic heterocycles. The van der Waals surface area contributed by atoms with Crippen molar-refractivity contribution < 1.29 is 9.53 Å². The number of methoxy groups -OCH3 is 1. The highest BCUT2D eigenvalue weighted by Crippen LogP contribution is 2.19. The van der Waals surface area contributed by atoms with E-state index in [0.29, 0.717) is 21.5 Å². The summed E-state index contributed by atoms with van der Waals surface area (Å²) in [6.07, 6.45) is 1.52. The van der Waals surface area contributed by atoms with E-state index in [1.54, 1.807) is 14.0 Å². The number of nitrogens with one attached hydrogen (secondary N) is 1. The van der Waals surface area contributed by atoms with Crippen molar-refractivity contribution in [3.05, 3.63) is 40.4 Å². The molecule has 0 spiro atoms. The van der Waals surface area contributed by atoms with Crippen LogP contribution in [0.15, 0.2) is 29.4 Å². The summed E-state index contributed by atoms with van der Waals surface area (Å²) in [6.45, 7) is 1.73. The van der Waals surface area contributed by atoms with E-state index in [1.807, 2.05) is 24.3 Å². The fourth-order valence-electron chi connectivity index (χ4n) is 1.61. The monoisotopic (exact) mass is 290 g/mol. The largest absolute Gasteiger partial charge is 0.496 e. The number of nitrogens with zero attached hydrogens (tertiary/aromatic N) is 2. The molecular formula is C13H14N4O2S. The number of hydrogen-bond acceptors (Lipinski definition) is 6. The van der Waals surface area contributed by atoms with Gasteiger partial charge in [-0.3, -0.25) is 4.79 Å². The first kappa shape index (κ1) is 14.0. The van der Waals surface area contributed by atoms with Gasteiger partial charge in [-0.2, -0.15) is 5.10 Å². The predicted octanol–water partition coefficient (Wildman–Crippen LogP) is 1.81. The van der Waals surface area contributed by atoms with Crippen molar-refractivity contribution in [1.29, 1.82) is 0 Å². The second-order valence-electron chi connectivity index (χ2n) is 3.91. The highest BCUT2D eigenvalue weighted by atomic mass is 32.1. The fourth-order valence-corrected chi connectivity index (χ4v) is 2.34. The third-order valence-corrected chi connectivity index (χ3v) is 3.51. The van der Waals surface area contributed by atoms with Gasteiger partial charge in [-0.05, 0) is 19.1 Å². The molecule has 0 unspecified atom stereocenters. The molecule has 0 bridgehead atoms. The molecule has 0 aliphatic rings. The lowest BCUT2D eigenvalue weighted by molar-refractivity contribution is 0.0958. The Morgan fingerprint density at radius 1 is 1.50 bits per heavy atom. The lowest BCUT2D eigenvalue weighted by Gasteiger charge is -2.02. The van der Waals surface area contributed by atoms with Gasteiger partial charge in [0.25, 0.3) is 5.91 Å². The molecular weight excluding hydrogens is 276 g/mol. The molecule has 6 nitrogen and oxygen atoms in total. The standard InChI is InChI=1S/C13H14N4O2S/c1-8-11(20-13(14)16-8)12(18)17-15-7-9-5-3-4-6-10(9)19-2/h3-7H,1-2H3,(H2,14,16)(H,17,18). The summed E-state index contributed by atoms with van der Waals surface area (Å²) in [4.78, 5) is 16.3. The minimum atomic E-state index is -0.331. The van der Waals surface area contributed by atoms with Crippen LogP contribution in [0.1, 0.15) is 20.9 Å². The average molecular weight is 290 g/mol. The number of carbonyl (C=O) groups excluding carboxylic acids is 1. The topological polar surface area (TPSA) is 89.6 Å². The second kappa shape index (κ2) is 6.16. The van der Waals surface area contributed by atoms with Gasteiger partial charge in [-0.25, -0.2) is 10.4 Å². The number of aryl methyl sites for hydroxylation is 1. The Balaban J connectivity index is 2.06. The molecule has 1 heterocycles. The Morgan fingerprint density at radius 2 is 2.25 bits per heavy atom. The average Bonchev–Trinajstić information content (AvgIpc) is 2.78. The number of ether oxygens (including phenoxy) is 1. The summed E-state index contributed by atoms with van der Waals surface area (Å²) in [7, 11) is 1.58. The number of nitrogen functional groups attached to an aromatic ring is 1. The maximum Gasteiger partial charge on any atom is 0.283 e. The van der Waals surface area contributed by atoms with Crippen LogP contribution in [-0.2, 0) is 0 Å². The lowest BCUT2D eigenvalue weighted by atomic mass is 10.2. The number of amides is 1. The molecule has 7 heteroatoms. The Hall–Kier alpha value is -2.41. The molecule has 0 atom stereocenters. The molecule has 0 aliphatic heterocycles. The van der Waals surface area contributed by atoms with E-state index in [4.69, 9.17) is 10.5 Å². The molecule has 2 aromatic rings. The Kier molecular flexibility index (Phi) is 4.31. The van der Waals surface area contributed by atoms with Crippen molar-refractivity contribution >= 4 is 28.6 Å². The first-order valence-electron chi connectivity index (χ1n) is 5.81. The van der Waals surface area contributed by atoms with Crippen molar-refractivity contribution in [2.45, 2.75) is 6.92 Å². The van der Waals surface area contributed by atoms with Gasteiger partial charge < -0.3 is 10.5 Å². The van der Waals surface area contributed by atoms with E-state index in [0.717, 1.165) is 16.9 Å². The van der Waals surface area contributed by atoms with Crippen LogP contribution < -0.4 is 15.9 Å². The quantitative estimate of drug-likeness (QED) is 0.663. The number of anilines is 1. The number of thiazole rings is 1. The minimum absolute atomic E-state index is 0.331. The maximum absolute atomic E-state index is 11.9. The van der Waals surface area contributed by atoms with E-state index in [9.17, 15) is 4.79 Å². The van der Waals surface area contributed by atoms with Crippen LogP contribution in [0.3, 0.4) is 0 Å². The van der Waals surface area contributed by atoms with E-state index in [1.165, 1.54) is 6.21 Å². The van der Waals surface area contributed by atoms with Crippen LogP contribution in [0.4, 0.5) is 5.13 Å². The molecule has 2 rings (SSSR count). The first-order valence-corrected chi connectivity index (χ1v) is 6.62. The summed E-state index contributed by atoms with van der Waals surface area (Å²) in [5.74, 6) is 0.353. The van der Waals surface area contributed by atoms with Gasteiger partial charge in [0.05, 0.1) is 19.0 Å². The van der Waals surface area contributed by atoms with Crippen LogP contribution in [0, 0.1) is 6.92 Å². The maximum atomic E-state index is 11.9. The van der Waals surface area contributed by atoms with Crippen molar-refractivity contribution in [3.8, 4) is 5.75 Å². The minimum Gasteiger partial charge on any atom is -0.496 e. The van der Waals surface area contributed by atoms with E-state index in [-0.39, 0.29) is 5.91 Å². The SMILES string of the molecule is COc1ccccc1C=NNC(=O)c1sc(N)nc1C. The van der Waals surface area contributed by atoms with Crippen LogP contribution in [0.5, 0.6) is 5.75 Å². The second-order valence-corrected chi connectivity index (χ2v) is 4.94. The number of para-hydroxylation sites is 1. The molecule has 0 fully saturated rings. The zero-order chi connectivity index (χ0) is 14.5. The number of hydrazone groups is 1. The number of carbonyl (C=O) groups is 1. The highest BCUT2D eigenvalue weighted by Gasteiger charge is 2.13. The van der Waals surface area contributed by atoms with E-state index in [2.05, 4.69) is 15.5 Å². The Labute approximate surface area is 120 Å². The summed E-state index contributed by atoms with van der Waals surface area (Å²) in [5, 5.41) is 4.27. The lowest BCUT2D eigenvalue weighted by Crippen LogP contribution is -2.17. The molecule has 0 saturated heterocycles. The number of rotatable bonds is 4. The van der Waals surface area contributed by atoms with E-state index >= 15 is 0 Å².